The lowest BCUT2D eigenvalue weighted by atomic mass is 9.91. The zero-order chi connectivity index (χ0) is 17.8. The number of aromatic amines is 1. The van der Waals surface area contributed by atoms with Crippen LogP contribution in [0.4, 0.5) is 0 Å². The lowest BCUT2D eigenvalue weighted by Crippen LogP contribution is -2.02. The summed E-state index contributed by atoms with van der Waals surface area (Å²) in [6, 6.07) is 12.4. The van der Waals surface area contributed by atoms with Gasteiger partial charge in [0.25, 0.3) is 0 Å². The van der Waals surface area contributed by atoms with Gasteiger partial charge >= 0.3 is 0 Å². The first-order chi connectivity index (χ1) is 12.7. The van der Waals surface area contributed by atoms with Gasteiger partial charge in [0.15, 0.2) is 5.76 Å². The van der Waals surface area contributed by atoms with Crippen LogP contribution in [0, 0.1) is 6.92 Å². The fourth-order valence-electron chi connectivity index (χ4n) is 3.90. The predicted molar refractivity (Wildman–Crippen MR) is 106 cm³/mol. The number of aryl methyl sites for hydroxylation is 2. The van der Waals surface area contributed by atoms with Crippen molar-refractivity contribution >= 4 is 26.8 Å². The number of fused-ring (bicyclic) bond motifs is 5. The normalized spacial score (nSPS) is 12.9. The minimum absolute atomic E-state index is 0.801. The Labute approximate surface area is 159 Å². The third-order valence-electron chi connectivity index (χ3n) is 5.21. The lowest BCUT2D eigenvalue weighted by molar-refractivity contribution is 0.412. The zero-order valence-electron chi connectivity index (χ0n) is 14.5. The van der Waals surface area contributed by atoms with Crippen LogP contribution in [0.2, 0.25) is 0 Å². The molecule has 4 aromatic rings. The quantitative estimate of drug-likeness (QED) is 0.464. The number of hydrogen-bond donors (Lipinski definition) is 1. The van der Waals surface area contributed by atoms with Gasteiger partial charge in [-0.05, 0) is 65.0 Å². The van der Waals surface area contributed by atoms with Gasteiger partial charge in [-0.25, -0.2) is 0 Å². The highest BCUT2D eigenvalue weighted by Crippen LogP contribution is 2.42. The van der Waals surface area contributed by atoms with Crippen LogP contribution in [-0.2, 0) is 12.8 Å². The summed E-state index contributed by atoms with van der Waals surface area (Å²) in [5.74, 6) is 1.64. The first kappa shape index (κ1) is 15.7. The van der Waals surface area contributed by atoms with E-state index in [-0.39, 0.29) is 0 Å². The SMILES string of the molecule is COc1ccc(-c2onc3c2CCc2c-3[nH]c3c(C)cccc23)cc1Br. The maximum atomic E-state index is 5.78. The molecule has 2 heterocycles. The zero-order valence-corrected chi connectivity index (χ0v) is 16.1. The Bertz CT molecular complexity index is 1160. The van der Waals surface area contributed by atoms with Gasteiger partial charge in [-0.15, -0.1) is 0 Å². The molecule has 0 atom stereocenters. The molecule has 1 aliphatic rings. The summed E-state index contributed by atoms with van der Waals surface area (Å²) in [6.07, 6.45) is 1.91. The van der Waals surface area contributed by atoms with Gasteiger partial charge in [0.1, 0.15) is 11.4 Å². The van der Waals surface area contributed by atoms with Crippen LogP contribution in [0.1, 0.15) is 16.7 Å². The number of aromatic nitrogens is 2. The van der Waals surface area contributed by atoms with Crippen LogP contribution in [0.5, 0.6) is 5.75 Å². The van der Waals surface area contributed by atoms with E-state index in [1.807, 2.05) is 18.2 Å². The molecule has 0 fully saturated rings. The second-order valence-corrected chi connectivity index (χ2v) is 7.52. The molecular formula is C21H17BrN2O2. The molecule has 5 rings (SSSR count). The molecule has 0 bridgehead atoms. The Morgan fingerprint density at radius 2 is 2.00 bits per heavy atom. The summed E-state index contributed by atoms with van der Waals surface area (Å²) in [7, 11) is 1.66. The van der Waals surface area contributed by atoms with E-state index in [0.29, 0.717) is 0 Å². The third kappa shape index (κ3) is 2.16. The van der Waals surface area contributed by atoms with Crippen LogP contribution in [0.3, 0.4) is 0 Å². The second-order valence-electron chi connectivity index (χ2n) is 6.66. The highest BCUT2D eigenvalue weighted by Gasteiger charge is 2.28. The summed E-state index contributed by atoms with van der Waals surface area (Å²) in [5, 5.41) is 5.71. The summed E-state index contributed by atoms with van der Waals surface area (Å²) in [6.45, 7) is 2.13. The van der Waals surface area contributed by atoms with Crippen molar-refractivity contribution in [2.24, 2.45) is 0 Å². The largest absolute Gasteiger partial charge is 0.496 e. The van der Waals surface area contributed by atoms with Crippen LogP contribution >= 0.6 is 15.9 Å². The topological polar surface area (TPSA) is 51.1 Å². The van der Waals surface area contributed by atoms with E-state index in [1.54, 1.807) is 7.11 Å². The first-order valence-corrected chi connectivity index (χ1v) is 9.39. The van der Waals surface area contributed by atoms with Crippen LogP contribution in [0.15, 0.2) is 45.4 Å². The van der Waals surface area contributed by atoms with E-state index < -0.39 is 0 Å². The van der Waals surface area contributed by atoms with Gasteiger partial charge in [0.05, 0.1) is 17.3 Å². The minimum atomic E-state index is 0.801. The van der Waals surface area contributed by atoms with E-state index in [9.17, 15) is 0 Å². The molecule has 0 saturated carbocycles. The number of H-pyrrole nitrogens is 1. The predicted octanol–water partition coefficient (Wildman–Crippen LogP) is 5.67. The second kappa shape index (κ2) is 5.74. The van der Waals surface area contributed by atoms with Crippen LogP contribution < -0.4 is 4.74 Å². The van der Waals surface area contributed by atoms with Crippen molar-refractivity contribution in [2.75, 3.05) is 7.11 Å². The number of methoxy groups -OCH3 is 1. The lowest BCUT2D eigenvalue weighted by Gasteiger charge is -2.12. The number of benzene rings is 2. The van der Waals surface area contributed by atoms with Gasteiger partial charge in [-0.1, -0.05) is 23.4 Å². The number of halogens is 1. The maximum Gasteiger partial charge on any atom is 0.170 e. The van der Waals surface area contributed by atoms with Crippen molar-refractivity contribution in [1.29, 1.82) is 0 Å². The number of ether oxygens (including phenoxy) is 1. The molecule has 0 radical (unpaired) electrons. The van der Waals surface area contributed by atoms with Gasteiger partial charge in [-0.3, -0.25) is 0 Å². The summed E-state index contributed by atoms with van der Waals surface area (Å²) >= 11 is 3.55. The van der Waals surface area contributed by atoms with Crippen molar-refractivity contribution in [3.05, 3.63) is 57.6 Å². The van der Waals surface area contributed by atoms with E-state index >= 15 is 0 Å². The highest BCUT2D eigenvalue weighted by atomic mass is 79.9. The van der Waals surface area contributed by atoms with Gasteiger partial charge in [-0.2, -0.15) is 0 Å². The summed E-state index contributed by atoms with van der Waals surface area (Å²) in [5.41, 5.74) is 7.98. The van der Waals surface area contributed by atoms with Crippen molar-refractivity contribution in [3.63, 3.8) is 0 Å². The average molecular weight is 409 g/mol. The van der Waals surface area contributed by atoms with Gasteiger partial charge in [0.2, 0.25) is 0 Å². The first-order valence-electron chi connectivity index (χ1n) is 8.60. The Balaban J connectivity index is 1.68. The molecule has 2 aromatic carbocycles. The van der Waals surface area contributed by atoms with E-state index in [1.165, 1.54) is 27.6 Å². The van der Waals surface area contributed by atoms with Gasteiger partial charge < -0.3 is 14.2 Å². The molecule has 130 valence electrons. The molecule has 5 heteroatoms. The minimum Gasteiger partial charge on any atom is -0.496 e. The van der Waals surface area contributed by atoms with Crippen LogP contribution in [0.25, 0.3) is 33.6 Å². The number of hydrogen-bond acceptors (Lipinski definition) is 3. The van der Waals surface area contributed by atoms with E-state index in [2.05, 4.69) is 51.2 Å². The molecule has 0 spiro atoms. The molecule has 26 heavy (non-hydrogen) atoms. The van der Waals surface area contributed by atoms with Crippen molar-refractivity contribution in [3.8, 4) is 28.5 Å². The van der Waals surface area contributed by atoms with Crippen LogP contribution in [-0.4, -0.2) is 17.3 Å². The highest BCUT2D eigenvalue weighted by molar-refractivity contribution is 9.10. The molecule has 0 saturated heterocycles. The Hall–Kier alpha value is -2.53. The molecule has 0 amide bonds. The third-order valence-corrected chi connectivity index (χ3v) is 5.83. The Kier molecular flexibility index (Phi) is 3.47. The molecule has 2 aromatic heterocycles. The van der Waals surface area contributed by atoms with Gasteiger partial charge in [0, 0.05) is 22.0 Å². The fraction of sp³-hybridized carbons (Fsp3) is 0.190. The molecule has 0 unspecified atom stereocenters. The van der Waals surface area contributed by atoms with Crippen molar-refractivity contribution < 1.29 is 9.26 Å². The Morgan fingerprint density at radius 3 is 2.81 bits per heavy atom. The van der Waals surface area contributed by atoms with Crippen molar-refractivity contribution in [2.45, 2.75) is 19.8 Å². The number of rotatable bonds is 2. The van der Waals surface area contributed by atoms with E-state index in [4.69, 9.17) is 9.26 Å². The standard InChI is InChI=1S/C21H17BrN2O2/c1-11-4-3-5-13-14-7-8-15-20(19(14)23-18(11)13)24-26-21(15)12-6-9-17(25-2)16(22)10-12/h3-6,9-10,23H,7-8H2,1-2H3. The fourth-order valence-corrected chi connectivity index (χ4v) is 4.44. The molecule has 1 aliphatic carbocycles. The maximum absolute atomic E-state index is 5.78. The number of nitrogens with one attached hydrogen (secondary N) is 1. The van der Waals surface area contributed by atoms with E-state index in [0.717, 1.165) is 45.8 Å². The molecular weight excluding hydrogens is 392 g/mol. The molecule has 4 nitrogen and oxygen atoms in total. The molecule has 1 N–H and O–H groups in total. The monoisotopic (exact) mass is 408 g/mol. The van der Waals surface area contributed by atoms with Crippen molar-refractivity contribution in [1.82, 2.24) is 10.1 Å². The molecule has 0 aliphatic heterocycles. The smallest absolute Gasteiger partial charge is 0.170 e. The average Bonchev–Trinajstić information content (AvgIpc) is 3.23. The summed E-state index contributed by atoms with van der Waals surface area (Å²) in [4.78, 5) is 3.58. The Morgan fingerprint density at radius 1 is 1.15 bits per heavy atom. The number of para-hydroxylation sites is 1. The number of nitrogens with zero attached hydrogens (tertiary/aromatic N) is 1. The summed E-state index contributed by atoms with van der Waals surface area (Å²) < 4.78 is 12.0.